The highest BCUT2D eigenvalue weighted by atomic mass is 32.2. The summed E-state index contributed by atoms with van der Waals surface area (Å²) in [5, 5.41) is 0. The second-order valence-electron chi connectivity index (χ2n) is 6.69. The van der Waals surface area contributed by atoms with E-state index < -0.39 is 10.0 Å². The fourth-order valence-electron chi connectivity index (χ4n) is 3.47. The minimum absolute atomic E-state index is 0.329. The summed E-state index contributed by atoms with van der Waals surface area (Å²) < 4.78 is 27.7. The van der Waals surface area contributed by atoms with E-state index >= 15 is 0 Å². The molecule has 2 aromatic carbocycles. The van der Waals surface area contributed by atoms with Crippen molar-refractivity contribution in [3.05, 3.63) is 77.9 Å². The molecule has 2 atom stereocenters. The maximum atomic E-state index is 12.5. The molecule has 3 nitrogen and oxygen atoms in total. The number of nitrogens with one attached hydrogen (secondary N) is 1. The lowest BCUT2D eigenvalue weighted by molar-refractivity contribution is 0.466. The van der Waals surface area contributed by atoms with Gasteiger partial charge in [0.1, 0.15) is 0 Å². The van der Waals surface area contributed by atoms with Gasteiger partial charge in [-0.15, -0.1) is 0 Å². The van der Waals surface area contributed by atoms with Crippen LogP contribution in [0.5, 0.6) is 0 Å². The van der Waals surface area contributed by atoms with Crippen molar-refractivity contribution in [1.82, 2.24) is 4.72 Å². The molecule has 0 aliphatic heterocycles. The van der Waals surface area contributed by atoms with E-state index in [1.165, 1.54) is 5.56 Å². The van der Waals surface area contributed by atoms with Crippen LogP contribution in [0.3, 0.4) is 0 Å². The highest BCUT2D eigenvalue weighted by Gasteiger charge is 2.23. The summed E-state index contributed by atoms with van der Waals surface area (Å²) in [7, 11) is -3.45. The van der Waals surface area contributed by atoms with E-state index in [2.05, 4.69) is 41.1 Å². The molecule has 1 aliphatic carbocycles. The van der Waals surface area contributed by atoms with Crippen LogP contribution in [-0.4, -0.2) is 15.0 Å². The number of benzene rings is 2. The second-order valence-corrected chi connectivity index (χ2v) is 8.45. The van der Waals surface area contributed by atoms with E-state index in [0.29, 0.717) is 23.3 Å². The van der Waals surface area contributed by atoms with Gasteiger partial charge in [0.2, 0.25) is 10.0 Å². The first-order valence-electron chi connectivity index (χ1n) is 8.84. The Kier molecular flexibility index (Phi) is 5.71. The van der Waals surface area contributed by atoms with Crippen LogP contribution in [0.25, 0.3) is 0 Å². The molecule has 1 N–H and O–H groups in total. The van der Waals surface area contributed by atoms with Crippen molar-refractivity contribution < 1.29 is 8.42 Å². The zero-order valence-corrected chi connectivity index (χ0v) is 15.4. The van der Waals surface area contributed by atoms with Gasteiger partial charge in [-0.3, -0.25) is 0 Å². The predicted molar refractivity (Wildman–Crippen MR) is 102 cm³/mol. The summed E-state index contributed by atoms with van der Waals surface area (Å²) in [5.74, 6) is 0.840. The number of hydrogen-bond acceptors (Lipinski definition) is 2. The van der Waals surface area contributed by atoms with Crippen molar-refractivity contribution in [1.29, 1.82) is 0 Å². The lowest BCUT2D eigenvalue weighted by Gasteiger charge is -2.23. The van der Waals surface area contributed by atoms with Crippen LogP contribution < -0.4 is 4.72 Å². The summed E-state index contributed by atoms with van der Waals surface area (Å²) >= 11 is 0. The third kappa shape index (κ3) is 4.59. The molecule has 4 heteroatoms. The van der Waals surface area contributed by atoms with Gasteiger partial charge in [0, 0.05) is 6.54 Å². The minimum Gasteiger partial charge on any atom is -0.211 e. The Morgan fingerprint density at radius 1 is 1.08 bits per heavy atom. The van der Waals surface area contributed by atoms with Crippen molar-refractivity contribution >= 4 is 10.0 Å². The third-order valence-electron chi connectivity index (χ3n) is 4.87. The van der Waals surface area contributed by atoms with Gasteiger partial charge in [-0.25, -0.2) is 13.1 Å². The van der Waals surface area contributed by atoms with E-state index in [9.17, 15) is 8.42 Å². The number of hydrogen-bond donors (Lipinski definition) is 1. The van der Waals surface area contributed by atoms with Gasteiger partial charge >= 0.3 is 0 Å². The molecule has 0 radical (unpaired) electrons. The van der Waals surface area contributed by atoms with Crippen molar-refractivity contribution in [3.8, 4) is 0 Å². The molecular formula is C21H25NO2S. The fourth-order valence-corrected chi connectivity index (χ4v) is 4.52. The Morgan fingerprint density at radius 2 is 1.80 bits per heavy atom. The van der Waals surface area contributed by atoms with E-state index in [0.717, 1.165) is 24.8 Å². The van der Waals surface area contributed by atoms with Crippen LogP contribution in [0.2, 0.25) is 0 Å². The predicted octanol–water partition coefficient (Wildman–Crippen LogP) is 4.41. The molecule has 132 valence electrons. The van der Waals surface area contributed by atoms with Crippen molar-refractivity contribution in [2.24, 2.45) is 5.92 Å². The summed E-state index contributed by atoms with van der Waals surface area (Å²) in [6, 6.07) is 17.4. The van der Waals surface area contributed by atoms with Crippen LogP contribution in [-0.2, 0) is 10.0 Å². The number of sulfonamides is 1. The molecule has 0 bridgehead atoms. The molecule has 0 heterocycles. The van der Waals surface area contributed by atoms with Crippen molar-refractivity contribution in [2.45, 2.75) is 37.0 Å². The maximum absolute atomic E-state index is 12.5. The first-order chi connectivity index (χ1) is 12.1. The van der Waals surface area contributed by atoms with Gasteiger partial charge in [0.15, 0.2) is 0 Å². The summed E-state index contributed by atoms with van der Waals surface area (Å²) in [6.45, 7) is 2.39. The average molecular weight is 356 g/mol. The lowest BCUT2D eigenvalue weighted by Crippen LogP contribution is -2.27. The van der Waals surface area contributed by atoms with Gasteiger partial charge in [-0.05, 0) is 55.7 Å². The Balaban J connectivity index is 1.67. The topological polar surface area (TPSA) is 46.2 Å². The second kappa shape index (κ2) is 7.98. The Morgan fingerprint density at radius 3 is 2.44 bits per heavy atom. The van der Waals surface area contributed by atoms with Gasteiger partial charge < -0.3 is 0 Å². The third-order valence-corrected chi connectivity index (χ3v) is 6.35. The molecule has 0 saturated heterocycles. The van der Waals surface area contributed by atoms with Crippen LogP contribution in [0.15, 0.2) is 71.6 Å². The number of allylic oxidation sites excluding steroid dienone is 2. The molecular weight excluding hydrogens is 330 g/mol. The van der Waals surface area contributed by atoms with E-state index in [1.807, 2.05) is 25.1 Å². The molecule has 1 aliphatic rings. The lowest BCUT2D eigenvalue weighted by atomic mass is 9.83. The quantitative estimate of drug-likeness (QED) is 0.748. The fraction of sp³-hybridized carbons (Fsp3) is 0.333. The molecule has 0 amide bonds. The molecule has 0 fully saturated rings. The molecule has 0 spiro atoms. The summed E-state index contributed by atoms with van der Waals surface area (Å²) in [6.07, 6.45) is 7.57. The molecule has 1 unspecified atom stereocenters. The van der Waals surface area contributed by atoms with Crippen LogP contribution in [0, 0.1) is 12.8 Å². The summed E-state index contributed by atoms with van der Waals surface area (Å²) in [4.78, 5) is 0.329. The van der Waals surface area contributed by atoms with E-state index in [-0.39, 0.29) is 0 Å². The largest absolute Gasteiger partial charge is 0.240 e. The standard InChI is InChI=1S/C21H25NO2S/c1-17-11-13-20(14-12-17)25(23,24)22-16-15-21(19-9-5-6-10-19)18-7-3-2-4-8-18/h2-5,7-9,11-14,19,21-22H,6,10,15-16H2,1H3/t19?,21-/m0/s1. The highest BCUT2D eigenvalue weighted by molar-refractivity contribution is 7.89. The zero-order valence-electron chi connectivity index (χ0n) is 14.6. The SMILES string of the molecule is Cc1ccc(S(=O)(=O)NCC[C@@H](c2ccccc2)C2C=CCC2)cc1. The Labute approximate surface area is 150 Å². The monoisotopic (exact) mass is 355 g/mol. The molecule has 0 aromatic heterocycles. The minimum atomic E-state index is -3.45. The van der Waals surface area contributed by atoms with Gasteiger partial charge in [0.25, 0.3) is 0 Å². The summed E-state index contributed by atoms with van der Waals surface area (Å²) in [5.41, 5.74) is 2.34. The highest BCUT2D eigenvalue weighted by Crippen LogP contribution is 2.35. The van der Waals surface area contributed by atoms with Crippen LogP contribution >= 0.6 is 0 Å². The molecule has 25 heavy (non-hydrogen) atoms. The van der Waals surface area contributed by atoms with Crippen molar-refractivity contribution in [3.63, 3.8) is 0 Å². The Bertz CT molecular complexity index is 811. The molecule has 2 aromatic rings. The zero-order chi connectivity index (χ0) is 17.7. The van der Waals surface area contributed by atoms with Crippen LogP contribution in [0.4, 0.5) is 0 Å². The maximum Gasteiger partial charge on any atom is 0.240 e. The number of aryl methyl sites for hydroxylation is 1. The normalized spacial score (nSPS) is 18.4. The van der Waals surface area contributed by atoms with Crippen LogP contribution in [0.1, 0.15) is 36.3 Å². The van der Waals surface area contributed by atoms with E-state index in [4.69, 9.17) is 0 Å². The first kappa shape index (κ1) is 17.9. The average Bonchev–Trinajstić information content (AvgIpc) is 3.14. The van der Waals surface area contributed by atoms with Crippen molar-refractivity contribution in [2.75, 3.05) is 6.54 Å². The van der Waals surface area contributed by atoms with E-state index in [1.54, 1.807) is 12.1 Å². The smallest absolute Gasteiger partial charge is 0.211 e. The Hall–Kier alpha value is -1.91. The van der Waals surface area contributed by atoms with Gasteiger partial charge in [-0.1, -0.05) is 60.2 Å². The molecule has 0 saturated carbocycles. The first-order valence-corrected chi connectivity index (χ1v) is 10.3. The van der Waals surface area contributed by atoms with Gasteiger partial charge in [0.05, 0.1) is 4.90 Å². The number of rotatable bonds is 7. The van der Waals surface area contributed by atoms with Gasteiger partial charge in [-0.2, -0.15) is 0 Å². The molecule has 3 rings (SSSR count).